The molecule has 98 valence electrons. The van der Waals surface area contributed by atoms with E-state index < -0.39 is 5.60 Å². The van der Waals surface area contributed by atoms with E-state index in [2.05, 4.69) is 6.58 Å². The summed E-state index contributed by atoms with van der Waals surface area (Å²) >= 11 is 0. The first-order chi connectivity index (χ1) is 8.58. The zero-order valence-electron chi connectivity index (χ0n) is 11.2. The minimum absolute atomic E-state index is 0.410. The first-order valence-corrected chi connectivity index (χ1v) is 5.73. The van der Waals surface area contributed by atoms with Crippen molar-refractivity contribution < 1.29 is 18.9 Å². The Morgan fingerprint density at radius 1 is 1.22 bits per heavy atom. The van der Waals surface area contributed by atoms with Gasteiger partial charge in [0.1, 0.15) is 11.4 Å². The van der Waals surface area contributed by atoms with Gasteiger partial charge in [-0.25, -0.2) is 0 Å². The Morgan fingerprint density at radius 3 is 2.39 bits per heavy atom. The summed E-state index contributed by atoms with van der Waals surface area (Å²) in [6.07, 6.45) is 2.50. The molecule has 0 amide bonds. The largest absolute Gasteiger partial charge is 0.493 e. The van der Waals surface area contributed by atoms with Crippen LogP contribution in [-0.4, -0.2) is 26.9 Å². The van der Waals surface area contributed by atoms with Crippen LogP contribution in [0.2, 0.25) is 0 Å². The molecule has 0 aliphatic carbocycles. The van der Waals surface area contributed by atoms with Crippen LogP contribution in [0.25, 0.3) is 0 Å². The van der Waals surface area contributed by atoms with Gasteiger partial charge in [0, 0.05) is 18.1 Å². The maximum absolute atomic E-state index is 5.89. The molecule has 1 aromatic carbocycles. The van der Waals surface area contributed by atoms with Gasteiger partial charge in [-0.05, 0) is 13.0 Å². The Bertz CT molecular complexity index is 481. The minimum Gasteiger partial charge on any atom is -0.493 e. The second-order valence-corrected chi connectivity index (χ2v) is 4.42. The molecular formula is C14H18O4. The van der Waals surface area contributed by atoms with E-state index in [1.165, 1.54) is 0 Å². The highest BCUT2D eigenvalue weighted by molar-refractivity contribution is 5.63. The summed E-state index contributed by atoms with van der Waals surface area (Å²) in [4.78, 5) is 0. The first-order valence-electron chi connectivity index (χ1n) is 5.73. The summed E-state index contributed by atoms with van der Waals surface area (Å²) in [5.74, 6) is 2.61. The number of methoxy groups -OCH3 is 3. The highest BCUT2D eigenvalue weighted by Gasteiger charge is 2.36. The highest BCUT2D eigenvalue weighted by atomic mass is 16.5. The minimum atomic E-state index is -0.410. The van der Waals surface area contributed by atoms with Crippen LogP contribution in [0.15, 0.2) is 18.7 Å². The number of hydrogen-bond donors (Lipinski definition) is 0. The van der Waals surface area contributed by atoms with E-state index in [1.807, 2.05) is 13.0 Å². The molecule has 1 unspecified atom stereocenters. The van der Waals surface area contributed by atoms with Gasteiger partial charge >= 0.3 is 0 Å². The van der Waals surface area contributed by atoms with Crippen LogP contribution >= 0.6 is 0 Å². The van der Waals surface area contributed by atoms with Crippen molar-refractivity contribution in [2.45, 2.75) is 18.9 Å². The fourth-order valence-electron chi connectivity index (χ4n) is 2.20. The zero-order chi connectivity index (χ0) is 13.3. The Hall–Kier alpha value is -1.84. The number of ether oxygens (including phenoxy) is 4. The van der Waals surface area contributed by atoms with Gasteiger partial charge in [-0.1, -0.05) is 6.58 Å². The second kappa shape index (κ2) is 4.44. The topological polar surface area (TPSA) is 36.9 Å². The average Bonchev–Trinajstić information content (AvgIpc) is 2.73. The summed E-state index contributed by atoms with van der Waals surface area (Å²) in [7, 11) is 4.79. The predicted molar refractivity (Wildman–Crippen MR) is 69.0 cm³/mol. The van der Waals surface area contributed by atoms with Crippen molar-refractivity contribution in [3.63, 3.8) is 0 Å². The average molecular weight is 250 g/mol. The van der Waals surface area contributed by atoms with Gasteiger partial charge in [0.05, 0.1) is 21.3 Å². The molecule has 0 bridgehead atoms. The quantitative estimate of drug-likeness (QED) is 0.770. The normalized spacial score (nSPS) is 20.9. The van der Waals surface area contributed by atoms with Crippen LogP contribution < -0.4 is 18.9 Å². The maximum atomic E-state index is 5.89. The Morgan fingerprint density at radius 2 is 1.89 bits per heavy atom. The van der Waals surface area contributed by atoms with E-state index in [4.69, 9.17) is 18.9 Å². The summed E-state index contributed by atoms with van der Waals surface area (Å²) < 4.78 is 22.0. The van der Waals surface area contributed by atoms with Gasteiger partial charge in [-0.3, -0.25) is 0 Å². The van der Waals surface area contributed by atoms with Crippen LogP contribution in [-0.2, 0) is 6.42 Å². The zero-order valence-corrected chi connectivity index (χ0v) is 11.2. The molecule has 18 heavy (non-hydrogen) atoms. The van der Waals surface area contributed by atoms with Crippen LogP contribution in [0.1, 0.15) is 12.5 Å². The summed E-state index contributed by atoms with van der Waals surface area (Å²) in [5, 5.41) is 0. The number of fused-ring (bicyclic) bond motifs is 1. The molecule has 0 fully saturated rings. The van der Waals surface area contributed by atoms with E-state index >= 15 is 0 Å². The molecule has 0 spiro atoms. The molecule has 1 aliphatic heterocycles. The van der Waals surface area contributed by atoms with E-state index in [9.17, 15) is 0 Å². The van der Waals surface area contributed by atoms with Crippen LogP contribution in [0.5, 0.6) is 23.0 Å². The van der Waals surface area contributed by atoms with Gasteiger partial charge in [0.2, 0.25) is 5.75 Å². The van der Waals surface area contributed by atoms with Gasteiger partial charge in [0.15, 0.2) is 11.5 Å². The third kappa shape index (κ3) is 1.78. The van der Waals surface area contributed by atoms with Crippen molar-refractivity contribution in [1.29, 1.82) is 0 Å². The molecule has 0 saturated heterocycles. The summed E-state index contributed by atoms with van der Waals surface area (Å²) in [5.41, 5.74) is 0.574. The van der Waals surface area contributed by atoms with Crippen molar-refractivity contribution in [1.82, 2.24) is 0 Å². The van der Waals surface area contributed by atoms with Crippen LogP contribution in [0.3, 0.4) is 0 Å². The summed E-state index contributed by atoms with van der Waals surface area (Å²) in [6.45, 7) is 5.79. The Kier molecular flexibility index (Phi) is 3.11. The molecule has 0 saturated carbocycles. The number of hydrogen-bond acceptors (Lipinski definition) is 4. The molecule has 1 atom stereocenters. The van der Waals surface area contributed by atoms with E-state index in [0.717, 1.165) is 11.3 Å². The third-order valence-corrected chi connectivity index (χ3v) is 3.19. The molecule has 0 aromatic heterocycles. The van der Waals surface area contributed by atoms with Gasteiger partial charge < -0.3 is 18.9 Å². The monoisotopic (exact) mass is 250 g/mol. The number of rotatable bonds is 4. The lowest BCUT2D eigenvalue weighted by Crippen LogP contribution is -2.26. The molecule has 1 aromatic rings. The second-order valence-electron chi connectivity index (χ2n) is 4.42. The van der Waals surface area contributed by atoms with E-state index in [-0.39, 0.29) is 0 Å². The van der Waals surface area contributed by atoms with Crippen molar-refractivity contribution in [2.75, 3.05) is 21.3 Å². The smallest absolute Gasteiger partial charge is 0.203 e. The number of benzene rings is 1. The van der Waals surface area contributed by atoms with Crippen LogP contribution in [0.4, 0.5) is 0 Å². The molecule has 1 aliphatic rings. The highest BCUT2D eigenvalue weighted by Crippen LogP contribution is 2.50. The third-order valence-electron chi connectivity index (χ3n) is 3.19. The van der Waals surface area contributed by atoms with Crippen molar-refractivity contribution >= 4 is 0 Å². The lowest BCUT2D eigenvalue weighted by molar-refractivity contribution is 0.171. The van der Waals surface area contributed by atoms with Gasteiger partial charge in [-0.15, -0.1) is 0 Å². The Labute approximate surface area is 107 Å². The predicted octanol–water partition coefficient (Wildman–Crippen LogP) is 2.59. The fourth-order valence-corrected chi connectivity index (χ4v) is 2.20. The van der Waals surface area contributed by atoms with Crippen LogP contribution in [0, 0.1) is 0 Å². The molecule has 4 nitrogen and oxygen atoms in total. The molecule has 4 heteroatoms. The lowest BCUT2D eigenvalue weighted by atomic mass is 9.98. The fraction of sp³-hybridized carbons (Fsp3) is 0.429. The molecule has 2 rings (SSSR count). The van der Waals surface area contributed by atoms with E-state index in [1.54, 1.807) is 27.4 Å². The SMILES string of the molecule is C=CC1(C)Cc2c(cc(OC)c(OC)c2OC)O1. The molecule has 0 N–H and O–H groups in total. The first kappa shape index (κ1) is 12.6. The van der Waals surface area contributed by atoms with E-state index in [0.29, 0.717) is 23.7 Å². The van der Waals surface area contributed by atoms with Crippen molar-refractivity contribution in [2.24, 2.45) is 0 Å². The van der Waals surface area contributed by atoms with Crippen molar-refractivity contribution in [3.05, 3.63) is 24.3 Å². The lowest BCUT2D eigenvalue weighted by Gasteiger charge is -2.18. The van der Waals surface area contributed by atoms with Crippen molar-refractivity contribution in [3.8, 4) is 23.0 Å². The molecule has 1 heterocycles. The van der Waals surface area contributed by atoms with Gasteiger partial charge in [0.25, 0.3) is 0 Å². The molecular weight excluding hydrogens is 232 g/mol. The summed E-state index contributed by atoms with van der Waals surface area (Å²) in [6, 6.07) is 1.82. The standard InChI is InChI=1S/C14H18O4/c1-6-14(2)8-9-10(18-14)7-11(15-3)13(17-5)12(9)16-4/h6-7H,1,8H2,2-5H3. The Balaban J connectivity index is 2.59. The van der Waals surface area contributed by atoms with Gasteiger partial charge in [-0.2, -0.15) is 0 Å². The maximum Gasteiger partial charge on any atom is 0.203 e. The molecule has 0 radical (unpaired) electrons.